The molecule has 2 aromatic rings. The Morgan fingerprint density at radius 1 is 1.25 bits per heavy atom. The van der Waals surface area contributed by atoms with Crippen molar-refractivity contribution in [3.63, 3.8) is 0 Å². The Balaban J connectivity index is 2.05. The Bertz CT molecular complexity index is 688. The molecule has 1 N–H and O–H groups in total. The molecular weight excluding hydrogens is 324 g/mol. The summed E-state index contributed by atoms with van der Waals surface area (Å²) in [4.78, 5) is 23.1. The molecule has 0 aliphatic carbocycles. The number of rotatable bonds is 7. The van der Waals surface area contributed by atoms with E-state index in [-0.39, 0.29) is 5.91 Å². The van der Waals surface area contributed by atoms with Gasteiger partial charge in [-0.25, -0.2) is 9.97 Å². The number of amides is 1. The topological polar surface area (TPSA) is 58.1 Å². The van der Waals surface area contributed by atoms with Crippen LogP contribution in [0.1, 0.15) is 41.6 Å². The van der Waals surface area contributed by atoms with Crippen molar-refractivity contribution in [2.45, 2.75) is 33.2 Å². The minimum atomic E-state index is -0.208. The Morgan fingerprint density at radius 3 is 2.62 bits per heavy atom. The number of aromatic nitrogens is 2. The third-order valence-electron chi connectivity index (χ3n) is 3.66. The van der Waals surface area contributed by atoms with E-state index in [1.807, 2.05) is 24.1 Å². The molecule has 2 rings (SSSR count). The van der Waals surface area contributed by atoms with E-state index in [0.29, 0.717) is 23.1 Å². The summed E-state index contributed by atoms with van der Waals surface area (Å²) in [5, 5.41) is 3.56. The first-order valence-corrected chi connectivity index (χ1v) is 8.47. The van der Waals surface area contributed by atoms with E-state index in [2.05, 4.69) is 22.2 Å². The Kier molecular flexibility index (Phi) is 6.55. The summed E-state index contributed by atoms with van der Waals surface area (Å²) in [6.07, 6.45) is 2.19. The molecule has 1 amide bonds. The maximum Gasteiger partial charge on any atom is 0.270 e. The smallest absolute Gasteiger partial charge is 0.270 e. The molecule has 0 spiro atoms. The molecule has 0 unspecified atom stereocenters. The van der Waals surface area contributed by atoms with Crippen LogP contribution in [0.3, 0.4) is 0 Å². The lowest BCUT2D eigenvalue weighted by atomic mass is 10.2. The number of nitrogens with one attached hydrogen (secondary N) is 1. The third kappa shape index (κ3) is 5.20. The second-order valence-electron chi connectivity index (χ2n) is 5.74. The van der Waals surface area contributed by atoms with Gasteiger partial charge < -0.3 is 10.2 Å². The van der Waals surface area contributed by atoms with Crippen LogP contribution in [0.25, 0.3) is 0 Å². The number of carbonyl (C=O) groups is 1. The number of nitrogens with zero attached hydrogens (tertiary/aromatic N) is 3. The molecular formula is C18H23ClN4O. The van der Waals surface area contributed by atoms with Crippen molar-refractivity contribution in [2.24, 2.45) is 0 Å². The molecule has 1 aromatic heterocycles. The van der Waals surface area contributed by atoms with Crippen LogP contribution in [0.5, 0.6) is 0 Å². The van der Waals surface area contributed by atoms with Crippen LogP contribution < -0.4 is 10.2 Å². The molecule has 1 aromatic carbocycles. The average Bonchev–Trinajstić information content (AvgIpc) is 2.58. The summed E-state index contributed by atoms with van der Waals surface area (Å²) < 4.78 is 0. The lowest BCUT2D eigenvalue weighted by Crippen LogP contribution is -2.26. The van der Waals surface area contributed by atoms with Gasteiger partial charge in [-0.3, -0.25) is 4.79 Å². The van der Waals surface area contributed by atoms with E-state index in [1.54, 1.807) is 25.1 Å². The Morgan fingerprint density at radius 2 is 1.96 bits per heavy atom. The highest BCUT2D eigenvalue weighted by molar-refractivity contribution is 6.30. The summed E-state index contributed by atoms with van der Waals surface area (Å²) >= 11 is 5.86. The van der Waals surface area contributed by atoms with E-state index in [1.165, 1.54) is 0 Å². The van der Waals surface area contributed by atoms with Crippen LogP contribution in [0.4, 0.5) is 5.82 Å². The molecule has 5 nitrogen and oxygen atoms in total. The fraction of sp³-hybridized carbons (Fsp3) is 0.389. The number of unbranched alkanes of at least 4 members (excludes halogenated alkanes) is 1. The van der Waals surface area contributed by atoms with Gasteiger partial charge in [-0.1, -0.05) is 37.1 Å². The van der Waals surface area contributed by atoms with Crippen LogP contribution in [-0.2, 0) is 6.54 Å². The average molecular weight is 347 g/mol. The largest absolute Gasteiger partial charge is 0.360 e. The monoisotopic (exact) mass is 346 g/mol. The number of hydrogen-bond donors (Lipinski definition) is 1. The van der Waals surface area contributed by atoms with Crippen molar-refractivity contribution in [3.8, 4) is 0 Å². The van der Waals surface area contributed by atoms with E-state index >= 15 is 0 Å². The Labute approximate surface area is 148 Å². The fourth-order valence-electron chi connectivity index (χ4n) is 2.25. The van der Waals surface area contributed by atoms with Crippen molar-refractivity contribution in [2.75, 3.05) is 18.5 Å². The van der Waals surface area contributed by atoms with Gasteiger partial charge in [-0.2, -0.15) is 0 Å². The second kappa shape index (κ2) is 8.64. The van der Waals surface area contributed by atoms with Gasteiger partial charge in [0.1, 0.15) is 17.3 Å². The number of aryl methyl sites for hydroxylation is 1. The summed E-state index contributed by atoms with van der Waals surface area (Å²) in [7, 11) is 1.98. The first-order valence-electron chi connectivity index (χ1n) is 8.09. The minimum absolute atomic E-state index is 0.208. The maximum atomic E-state index is 12.4. The van der Waals surface area contributed by atoms with Crippen molar-refractivity contribution in [3.05, 3.63) is 52.4 Å². The third-order valence-corrected chi connectivity index (χ3v) is 3.91. The van der Waals surface area contributed by atoms with Crippen LogP contribution in [-0.4, -0.2) is 29.5 Å². The van der Waals surface area contributed by atoms with Gasteiger partial charge >= 0.3 is 0 Å². The van der Waals surface area contributed by atoms with Crippen LogP contribution in [0.2, 0.25) is 5.02 Å². The molecule has 0 atom stereocenters. The highest BCUT2D eigenvalue weighted by atomic mass is 35.5. The van der Waals surface area contributed by atoms with Gasteiger partial charge in [0.05, 0.1) is 0 Å². The van der Waals surface area contributed by atoms with E-state index in [4.69, 9.17) is 11.6 Å². The summed E-state index contributed by atoms with van der Waals surface area (Å²) in [6.45, 7) is 5.28. The molecule has 0 radical (unpaired) electrons. The van der Waals surface area contributed by atoms with Gasteiger partial charge in [-0.05, 0) is 31.0 Å². The molecule has 128 valence electrons. The van der Waals surface area contributed by atoms with Crippen LogP contribution in [0.15, 0.2) is 30.3 Å². The predicted octanol–water partition coefficient (Wildman–Crippen LogP) is 3.60. The summed E-state index contributed by atoms with van der Waals surface area (Å²) in [5.41, 5.74) is 1.37. The lowest BCUT2D eigenvalue weighted by Gasteiger charge is -2.18. The van der Waals surface area contributed by atoms with Crippen molar-refractivity contribution < 1.29 is 4.79 Å². The summed E-state index contributed by atoms with van der Waals surface area (Å²) in [6, 6.07) is 9.12. The van der Waals surface area contributed by atoms with Crippen molar-refractivity contribution in [1.29, 1.82) is 0 Å². The molecule has 6 heteroatoms. The van der Waals surface area contributed by atoms with Gasteiger partial charge in [0.25, 0.3) is 5.91 Å². The first-order chi connectivity index (χ1) is 11.5. The second-order valence-corrected chi connectivity index (χ2v) is 6.18. The minimum Gasteiger partial charge on any atom is -0.360 e. The SMILES string of the molecule is CCCCN(C)c1cc(C(=O)NCc2ccc(Cl)cc2)nc(C)n1. The molecule has 0 fully saturated rings. The zero-order valence-corrected chi connectivity index (χ0v) is 15.1. The van der Waals surface area contributed by atoms with E-state index < -0.39 is 0 Å². The molecule has 0 bridgehead atoms. The quantitative estimate of drug-likeness (QED) is 0.832. The molecule has 0 saturated heterocycles. The van der Waals surface area contributed by atoms with Gasteiger partial charge in [-0.15, -0.1) is 0 Å². The number of carbonyl (C=O) groups excluding carboxylic acids is 1. The molecule has 1 heterocycles. The van der Waals surface area contributed by atoms with Gasteiger partial charge in [0.15, 0.2) is 0 Å². The molecule has 0 aliphatic rings. The van der Waals surface area contributed by atoms with Gasteiger partial charge in [0, 0.05) is 31.2 Å². The van der Waals surface area contributed by atoms with E-state index in [9.17, 15) is 4.79 Å². The van der Waals surface area contributed by atoms with Gasteiger partial charge in [0.2, 0.25) is 0 Å². The van der Waals surface area contributed by atoms with E-state index in [0.717, 1.165) is 30.8 Å². The number of halogens is 1. The standard InChI is InChI=1S/C18H23ClN4O/c1-4-5-10-23(3)17-11-16(21-13(2)22-17)18(24)20-12-14-6-8-15(19)9-7-14/h6-9,11H,4-5,10,12H2,1-3H3,(H,20,24). The summed E-state index contributed by atoms with van der Waals surface area (Å²) in [5.74, 6) is 1.15. The number of hydrogen-bond acceptors (Lipinski definition) is 4. The number of benzene rings is 1. The molecule has 0 aliphatic heterocycles. The highest BCUT2D eigenvalue weighted by Gasteiger charge is 2.12. The Hall–Kier alpha value is -2.14. The van der Waals surface area contributed by atoms with Crippen LogP contribution >= 0.6 is 11.6 Å². The molecule has 0 saturated carbocycles. The fourth-order valence-corrected chi connectivity index (χ4v) is 2.37. The van der Waals surface area contributed by atoms with Crippen LogP contribution in [0, 0.1) is 6.92 Å². The lowest BCUT2D eigenvalue weighted by molar-refractivity contribution is 0.0945. The normalized spacial score (nSPS) is 10.5. The molecule has 24 heavy (non-hydrogen) atoms. The highest BCUT2D eigenvalue weighted by Crippen LogP contribution is 2.13. The zero-order valence-electron chi connectivity index (χ0n) is 14.3. The number of anilines is 1. The maximum absolute atomic E-state index is 12.4. The first kappa shape index (κ1) is 18.2. The zero-order chi connectivity index (χ0) is 17.5. The van der Waals surface area contributed by atoms with Crippen molar-refractivity contribution >= 4 is 23.3 Å². The van der Waals surface area contributed by atoms with Crippen molar-refractivity contribution in [1.82, 2.24) is 15.3 Å². The predicted molar refractivity (Wildman–Crippen MR) is 97.6 cm³/mol.